The molecule has 106 valence electrons. The number of hydrogen-bond donors (Lipinski definition) is 2. The molecule has 2 N–H and O–H groups in total. The second-order valence-electron chi connectivity index (χ2n) is 5.10. The highest BCUT2D eigenvalue weighted by molar-refractivity contribution is 5.52. The van der Waals surface area contributed by atoms with Crippen LogP contribution in [-0.4, -0.2) is 11.7 Å². The van der Waals surface area contributed by atoms with Crippen molar-refractivity contribution < 1.29 is 9.50 Å². The zero-order chi connectivity index (χ0) is 14.5. The van der Waals surface area contributed by atoms with Crippen LogP contribution >= 0.6 is 0 Å². The minimum Gasteiger partial charge on any atom is -0.388 e. The molecule has 0 saturated carbocycles. The predicted molar refractivity (Wildman–Crippen MR) is 80.4 cm³/mol. The number of aliphatic hydroxyl groups is 1. The van der Waals surface area contributed by atoms with Gasteiger partial charge in [0.25, 0.3) is 0 Å². The molecule has 0 spiro atoms. The van der Waals surface area contributed by atoms with Crippen molar-refractivity contribution in [3.05, 3.63) is 65.0 Å². The van der Waals surface area contributed by atoms with E-state index in [1.165, 1.54) is 23.3 Å². The van der Waals surface area contributed by atoms with Crippen molar-refractivity contribution >= 4 is 5.69 Å². The van der Waals surface area contributed by atoms with Crippen molar-refractivity contribution in [2.24, 2.45) is 0 Å². The molecule has 0 radical (unpaired) electrons. The Labute approximate surface area is 119 Å². The second-order valence-corrected chi connectivity index (χ2v) is 5.10. The minimum absolute atomic E-state index is 0.283. The Morgan fingerprint density at radius 2 is 1.80 bits per heavy atom. The van der Waals surface area contributed by atoms with Gasteiger partial charge in [0.05, 0.1) is 6.10 Å². The summed E-state index contributed by atoms with van der Waals surface area (Å²) in [6.07, 6.45) is 0.00663. The van der Waals surface area contributed by atoms with Gasteiger partial charge in [-0.1, -0.05) is 24.3 Å². The van der Waals surface area contributed by atoms with Gasteiger partial charge in [0.1, 0.15) is 5.82 Å². The average Bonchev–Trinajstić information content (AvgIpc) is 2.43. The number of nitrogens with one attached hydrogen (secondary N) is 1. The van der Waals surface area contributed by atoms with Crippen LogP contribution in [0.3, 0.4) is 0 Å². The molecule has 0 aliphatic heterocycles. The smallest absolute Gasteiger partial charge is 0.123 e. The fourth-order valence-corrected chi connectivity index (χ4v) is 2.12. The van der Waals surface area contributed by atoms with Gasteiger partial charge >= 0.3 is 0 Å². The molecule has 0 aliphatic carbocycles. The summed E-state index contributed by atoms with van der Waals surface area (Å²) >= 11 is 0. The highest BCUT2D eigenvalue weighted by Gasteiger charge is 2.07. The topological polar surface area (TPSA) is 32.3 Å². The van der Waals surface area contributed by atoms with E-state index < -0.39 is 6.10 Å². The van der Waals surface area contributed by atoms with E-state index >= 15 is 0 Å². The molecule has 2 aromatic rings. The van der Waals surface area contributed by atoms with Crippen molar-refractivity contribution in [2.45, 2.75) is 26.4 Å². The van der Waals surface area contributed by atoms with Crippen LogP contribution in [0.5, 0.6) is 0 Å². The monoisotopic (exact) mass is 273 g/mol. The number of aliphatic hydroxyl groups excluding tert-OH is 1. The summed E-state index contributed by atoms with van der Waals surface area (Å²) in [4.78, 5) is 0. The number of rotatable bonds is 5. The first-order chi connectivity index (χ1) is 9.56. The zero-order valence-corrected chi connectivity index (χ0v) is 11.9. The molecular weight excluding hydrogens is 253 g/mol. The number of aryl methyl sites for hydroxylation is 2. The Kier molecular flexibility index (Phi) is 4.74. The molecule has 2 rings (SSSR count). The van der Waals surface area contributed by atoms with Crippen LogP contribution in [0.25, 0.3) is 0 Å². The van der Waals surface area contributed by atoms with Crippen molar-refractivity contribution in [3.8, 4) is 0 Å². The summed E-state index contributed by atoms with van der Waals surface area (Å²) in [7, 11) is 0. The molecule has 0 amide bonds. The molecule has 2 aromatic carbocycles. The summed E-state index contributed by atoms with van der Waals surface area (Å²) in [6, 6.07) is 12.2. The summed E-state index contributed by atoms with van der Waals surface area (Å²) in [6.45, 7) is 4.78. The Hall–Kier alpha value is -1.87. The van der Waals surface area contributed by atoms with Crippen molar-refractivity contribution in [3.63, 3.8) is 0 Å². The lowest BCUT2D eigenvalue weighted by Crippen LogP contribution is -2.08. The van der Waals surface area contributed by atoms with Gasteiger partial charge in [-0.2, -0.15) is 0 Å². The largest absolute Gasteiger partial charge is 0.388 e. The maximum absolute atomic E-state index is 12.8. The quantitative estimate of drug-likeness (QED) is 0.863. The van der Waals surface area contributed by atoms with E-state index in [4.69, 9.17) is 0 Å². The first kappa shape index (κ1) is 14.5. The average molecular weight is 273 g/mol. The van der Waals surface area contributed by atoms with E-state index in [2.05, 4.69) is 37.4 Å². The van der Waals surface area contributed by atoms with Crippen LogP contribution in [0.4, 0.5) is 10.1 Å². The fraction of sp³-hybridized carbons (Fsp3) is 0.294. The molecule has 20 heavy (non-hydrogen) atoms. The van der Waals surface area contributed by atoms with Crippen molar-refractivity contribution in [2.75, 3.05) is 11.9 Å². The van der Waals surface area contributed by atoms with E-state index in [-0.39, 0.29) is 5.82 Å². The van der Waals surface area contributed by atoms with Crippen LogP contribution in [0, 0.1) is 19.7 Å². The molecule has 3 heteroatoms. The van der Waals surface area contributed by atoms with Crippen LogP contribution in [-0.2, 0) is 0 Å². The Morgan fingerprint density at radius 1 is 1.10 bits per heavy atom. The summed E-state index contributed by atoms with van der Waals surface area (Å²) in [5, 5.41) is 13.4. The SMILES string of the molecule is Cc1ccc(C)c(NCCC(O)c2ccc(F)cc2)c1. The zero-order valence-electron chi connectivity index (χ0n) is 11.9. The first-order valence-corrected chi connectivity index (χ1v) is 6.81. The number of hydrogen-bond acceptors (Lipinski definition) is 2. The Balaban J connectivity index is 1.89. The first-order valence-electron chi connectivity index (χ1n) is 6.81. The fourth-order valence-electron chi connectivity index (χ4n) is 2.12. The number of benzene rings is 2. The van der Waals surface area contributed by atoms with Crippen LogP contribution < -0.4 is 5.32 Å². The molecule has 0 aromatic heterocycles. The van der Waals surface area contributed by atoms with E-state index in [0.717, 1.165) is 11.3 Å². The van der Waals surface area contributed by atoms with Gasteiger partial charge in [-0.25, -0.2) is 4.39 Å². The third-order valence-electron chi connectivity index (χ3n) is 3.38. The van der Waals surface area contributed by atoms with Gasteiger partial charge in [-0.15, -0.1) is 0 Å². The normalized spacial score (nSPS) is 12.2. The Morgan fingerprint density at radius 3 is 2.50 bits per heavy atom. The number of halogens is 1. The van der Waals surface area contributed by atoms with Gasteiger partial charge in [-0.05, 0) is 55.2 Å². The molecule has 1 unspecified atom stereocenters. The van der Waals surface area contributed by atoms with Crippen molar-refractivity contribution in [1.29, 1.82) is 0 Å². The van der Waals surface area contributed by atoms with Gasteiger partial charge < -0.3 is 10.4 Å². The lowest BCUT2D eigenvalue weighted by Gasteiger charge is -2.14. The second kappa shape index (κ2) is 6.53. The molecule has 0 heterocycles. The molecular formula is C17H20FNO. The van der Waals surface area contributed by atoms with E-state index in [0.29, 0.717) is 13.0 Å². The number of anilines is 1. The third kappa shape index (κ3) is 3.81. The van der Waals surface area contributed by atoms with Gasteiger partial charge in [0, 0.05) is 12.2 Å². The standard InChI is InChI=1S/C17H20FNO/c1-12-3-4-13(2)16(11-12)19-10-9-17(20)14-5-7-15(18)8-6-14/h3-8,11,17,19-20H,9-10H2,1-2H3. The van der Waals surface area contributed by atoms with Gasteiger partial charge in [0.2, 0.25) is 0 Å². The maximum atomic E-state index is 12.8. The van der Waals surface area contributed by atoms with E-state index in [1.54, 1.807) is 12.1 Å². The summed E-state index contributed by atoms with van der Waals surface area (Å²) in [5.41, 5.74) is 4.23. The summed E-state index contributed by atoms with van der Waals surface area (Å²) < 4.78 is 12.8. The predicted octanol–water partition coefficient (Wildman–Crippen LogP) is 3.98. The van der Waals surface area contributed by atoms with Gasteiger partial charge in [0.15, 0.2) is 0 Å². The molecule has 0 saturated heterocycles. The van der Waals surface area contributed by atoms with E-state index in [9.17, 15) is 9.50 Å². The van der Waals surface area contributed by atoms with Crippen LogP contribution in [0.15, 0.2) is 42.5 Å². The maximum Gasteiger partial charge on any atom is 0.123 e. The molecule has 0 fully saturated rings. The summed E-state index contributed by atoms with van der Waals surface area (Å²) in [5.74, 6) is -0.283. The van der Waals surface area contributed by atoms with E-state index in [1.807, 2.05) is 0 Å². The van der Waals surface area contributed by atoms with Crippen molar-refractivity contribution in [1.82, 2.24) is 0 Å². The highest BCUT2D eigenvalue weighted by atomic mass is 19.1. The molecule has 0 bridgehead atoms. The lowest BCUT2D eigenvalue weighted by molar-refractivity contribution is 0.171. The molecule has 2 nitrogen and oxygen atoms in total. The molecule has 0 aliphatic rings. The van der Waals surface area contributed by atoms with Gasteiger partial charge in [-0.3, -0.25) is 0 Å². The highest BCUT2D eigenvalue weighted by Crippen LogP contribution is 2.19. The van der Waals surface area contributed by atoms with Crippen LogP contribution in [0.1, 0.15) is 29.2 Å². The van der Waals surface area contributed by atoms with Crippen LogP contribution in [0.2, 0.25) is 0 Å². The lowest BCUT2D eigenvalue weighted by atomic mass is 10.1. The Bertz CT molecular complexity index is 566. The molecule has 1 atom stereocenters. The third-order valence-corrected chi connectivity index (χ3v) is 3.38. The minimum atomic E-state index is -0.576.